The molecule has 0 spiro atoms. The predicted octanol–water partition coefficient (Wildman–Crippen LogP) is 2.56. The van der Waals surface area contributed by atoms with Gasteiger partial charge in [-0.05, 0) is 0 Å². The molecule has 0 amide bonds. The van der Waals surface area contributed by atoms with Gasteiger partial charge in [-0.1, -0.05) is 0 Å². The summed E-state index contributed by atoms with van der Waals surface area (Å²) in [5.74, 6) is 0. The molecular weight excluding hydrogens is 389 g/mol. The number of hydrogen-bond donors (Lipinski definition) is 0. The average Bonchev–Trinajstić information content (AvgIpc) is 1.59. The first-order valence-electron chi connectivity index (χ1n) is 2.16. The van der Waals surface area contributed by atoms with Crippen LogP contribution in [0.2, 0.25) is 0 Å². The van der Waals surface area contributed by atoms with Crippen LogP contribution in [0, 0.1) is 0 Å². The SMILES string of the molecule is CCC[CH]=[Pt]([Cl])([Cl])[Cl].[KH]. The maximum atomic E-state index is 5.57. The van der Waals surface area contributed by atoms with E-state index in [9.17, 15) is 0 Å². The van der Waals surface area contributed by atoms with Gasteiger partial charge in [0.2, 0.25) is 0 Å². The Kier molecular flexibility index (Phi) is 12.5. The molecule has 57 valence electrons. The second-order valence-corrected chi connectivity index (χ2v) is 16.9. The third kappa shape index (κ3) is 14.0. The first-order valence-corrected chi connectivity index (χ1v) is 11.9. The molecule has 0 fully saturated rings. The summed E-state index contributed by atoms with van der Waals surface area (Å²) in [5.41, 5.74) is 0. The van der Waals surface area contributed by atoms with Crippen molar-refractivity contribution in [3.8, 4) is 0 Å². The van der Waals surface area contributed by atoms with Crippen molar-refractivity contribution in [3.63, 3.8) is 0 Å². The van der Waals surface area contributed by atoms with Gasteiger partial charge >= 0.3 is 116 Å². The Hall–Kier alpha value is 3.06. The van der Waals surface area contributed by atoms with Crippen LogP contribution in [0.5, 0.6) is 0 Å². The van der Waals surface area contributed by atoms with Gasteiger partial charge < -0.3 is 0 Å². The first-order chi connectivity index (χ1) is 3.56. The molecule has 0 aromatic heterocycles. The number of hydrogen-bond acceptors (Lipinski definition) is 0. The zero-order chi connectivity index (χ0) is 6.62. The van der Waals surface area contributed by atoms with Crippen molar-refractivity contribution in [2.45, 2.75) is 19.8 Å². The maximum absolute atomic E-state index is 5.57. The molecule has 0 atom stereocenters. The molecule has 0 saturated heterocycles. The van der Waals surface area contributed by atoms with Gasteiger partial charge in [0.25, 0.3) is 0 Å². The van der Waals surface area contributed by atoms with Crippen molar-refractivity contribution in [1.29, 1.82) is 0 Å². The van der Waals surface area contributed by atoms with Crippen LogP contribution in [0.25, 0.3) is 0 Å². The Balaban J connectivity index is 0. The minimum atomic E-state index is -2.76. The Morgan fingerprint density at radius 2 is 1.78 bits per heavy atom. The van der Waals surface area contributed by atoms with Gasteiger partial charge in [-0.25, -0.2) is 0 Å². The van der Waals surface area contributed by atoms with Crippen molar-refractivity contribution in [2.75, 3.05) is 0 Å². The number of rotatable bonds is 2. The van der Waals surface area contributed by atoms with Crippen LogP contribution in [-0.2, 0) is 12.5 Å². The third-order valence-electron chi connectivity index (χ3n) is 0.526. The van der Waals surface area contributed by atoms with Crippen LogP contribution < -0.4 is 0 Å². The summed E-state index contributed by atoms with van der Waals surface area (Å²) in [5, 5.41) is 0. The van der Waals surface area contributed by atoms with E-state index in [0.29, 0.717) is 0 Å². The fourth-order valence-corrected chi connectivity index (χ4v) is 3.29. The Morgan fingerprint density at radius 1 is 1.33 bits per heavy atom. The molecule has 9 heavy (non-hydrogen) atoms. The molecule has 0 bridgehead atoms. The van der Waals surface area contributed by atoms with E-state index in [-0.39, 0.29) is 51.4 Å². The quantitative estimate of drug-likeness (QED) is 0.628. The average molecular weight is 398 g/mol. The minimum absolute atomic E-state index is 0. The van der Waals surface area contributed by atoms with Crippen molar-refractivity contribution in [2.24, 2.45) is 0 Å². The normalized spacial score (nSPS) is 12.0. The molecular formula is C4H9Cl3KPt. The zero-order valence-electron chi connectivity index (χ0n) is 4.44. The van der Waals surface area contributed by atoms with E-state index < -0.39 is 12.5 Å². The van der Waals surface area contributed by atoms with Crippen LogP contribution in [0.3, 0.4) is 0 Å². The zero-order valence-corrected chi connectivity index (χ0v) is 8.98. The fourth-order valence-electron chi connectivity index (χ4n) is 0.195. The van der Waals surface area contributed by atoms with Crippen LogP contribution >= 0.6 is 28.3 Å². The van der Waals surface area contributed by atoms with E-state index in [1.807, 2.05) is 4.40 Å². The summed E-state index contributed by atoms with van der Waals surface area (Å²) in [6, 6.07) is 0. The van der Waals surface area contributed by atoms with Crippen molar-refractivity contribution in [1.82, 2.24) is 0 Å². The summed E-state index contributed by atoms with van der Waals surface area (Å²) in [4.78, 5) is 0. The molecule has 0 saturated carbocycles. The summed E-state index contributed by atoms with van der Waals surface area (Å²) in [6.45, 7) is 2.06. The molecule has 5 heteroatoms. The molecule has 0 aliphatic rings. The summed E-state index contributed by atoms with van der Waals surface area (Å²) < 4.78 is 1.84. The van der Waals surface area contributed by atoms with Crippen molar-refractivity contribution < 1.29 is 12.5 Å². The van der Waals surface area contributed by atoms with Crippen LogP contribution in [0.15, 0.2) is 0 Å². The summed E-state index contributed by atoms with van der Waals surface area (Å²) in [6.07, 6.45) is 2.00. The van der Waals surface area contributed by atoms with Gasteiger partial charge in [0, 0.05) is 0 Å². The molecule has 0 aromatic carbocycles. The topological polar surface area (TPSA) is 0 Å². The van der Waals surface area contributed by atoms with E-state index in [2.05, 4.69) is 6.92 Å². The van der Waals surface area contributed by atoms with Gasteiger partial charge in [-0.15, -0.1) is 0 Å². The second kappa shape index (κ2) is 7.70. The van der Waals surface area contributed by atoms with Crippen LogP contribution in [-0.4, -0.2) is 55.8 Å². The molecule has 0 aromatic rings. The molecule has 0 aliphatic carbocycles. The van der Waals surface area contributed by atoms with E-state index in [0.717, 1.165) is 12.8 Å². The standard InChI is InChI=1S/C4H8.3ClH.K.Pt.H/c1-3-4-2;;;;;;/h1H,3-4H2,2H3;3*1H;;;/q;;;;;+3;/p-3. The molecule has 0 heterocycles. The van der Waals surface area contributed by atoms with Crippen molar-refractivity contribution >= 4 is 84.0 Å². The van der Waals surface area contributed by atoms with Gasteiger partial charge in [-0.2, -0.15) is 0 Å². The Morgan fingerprint density at radius 3 is 1.89 bits per heavy atom. The summed E-state index contributed by atoms with van der Waals surface area (Å²) >= 11 is -2.76. The molecule has 0 radical (unpaired) electrons. The van der Waals surface area contributed by atoms with E-state index >= 15 is 0 Å². The van der Waals surface area contributed by atoms with Gasteiger partial charge in [0.05, 0.1) is 0 Å². The molecule has 0 unspecified atom stereocenters. The number of unbranched alkanes of at least 4 members (excludes halogenated alkanes) is 1. The second-order valence-electron chi connectivity index (χ2n) is 1.26. The predicted molar refractivity (Wildman–Crippen MR) is 45.7 cm³/mol. The monoisotopic (exact) mass is 396 g/mol. The number of halogens is 3. The Labute approximate surface area is 114 Å². The van der Waals surface area contributed by atoms with E-state index in [4.69, 9.17) is 28.3 Å². The van der Waals surface area contributed by atoms with Crippen LogP contribution in [0.4, 0.5) is 0 Å². The van der Waals surface area contributed by atoms with E-state index in [1.165, 1.54) is 0 Å². The Bertz CT molecular complexity index is 100. The van der Waals surface area contributed by atoms with Gasteiger partial charge in [-0.3, -0.25) is 0 Å². The third-order valence-corrected chi connectivity index (χ3v) is 4.63. The molecule has 0 rings (SSSR count). The van der Waals surface area contributed by atoms with E-state index in [1.54, 1.807) is 0 Å². The van der Waals surface area contributed by atoms with Crippen LogP contribution in [0.1, 0.15) is 19.8 Å². The fraction of sp³-hybridized carbons (Fsp3) is 0.750. The molecule has 0 nitrogen and oxygen atoms in total. The molecule has 0 N–H and O–H groups in total. The molecule has 0 aliphatic heterocycles. The summed E-state index contributed by atoms with van der Waals surface area (Å²) in [7, 11) is 16.7. The van der Waals surface area contributed by atoms with Crippen molar-refractivity contribution in [3.05, 3.63) is 0 Å². The van der Waals surface area contributed by atoms with Gasteiger partial charge in [0.15, 0.2) is 0 Å². The first kappa shape index (κ1) is 14.6. The van der Waals surface area contributed by atoms with Gasteiger partial charge in [0.1, 0.15) is 0 Å².